The molecule has 1 N–H and O–H groups in total. The molecule has 12 heteroatoms. The number of aromatic nitrogens is 1. The van der Waals surface area contributed by atoms with Gasteiger partial charge in [0, 0.05) is 25.4 Å². The number of fused-ring (bicyclic) bond motifs is 1. The van der Waals surface area contributed by atoms with E-state index in [1.807, 2.05) is 0 Å². The molecule has 3 aromatic rings. The van der Waals surface area contributed by atoms with Crippen LogP contribution in [0.5, 0.6) is 5.75 Å². The predicted molar refractivity (Wildman–Crippen MR) is 138 cm³/mol. The largest absolute Gasteiger partial charge is 0.497 e. The molecule has 0 bridgehead atoms. The van der Waals surface area contributed by atoms with Gasteiger partial charge < -0.3 is 14.5 Å². The Morgan fingerprint density at radius 1 is 1.17 bits per heavy atom. The van der Waals surface area contributed by atoms with Gasteiger partial charge >= 0.3 is 0 Å². The molecular weight excluding hydrogens is 506 g/mol. The van der Waals surface area contributed by atoms with Crippen molar-refractivity contribution in [3.63, 3.8) is 0 Å². The number of carbonyl (C=O) groups excluding carboxylic acids is 1. The third-order valence-corrected chi connectivity index (χ3v) is 8.21. The number of carbonyl (C=O) groups is 1. The molecule has 1 amide bonds. The molecule has 0 aliphatic heterocycles. The standard InChI is InChI=1S/C24H29N3O7S2/c1-25-23(28)20-19-14-18(15-6-7-15)22(27(36(4,31)32)12-5-13-35(3,29)30)26-24(19)34-21(20)16-8-10-17(33-2)11-9-16/h8-11,14-15H,5-7,12-13H2,1-4H3,(H,25,28). The molecule has 0 unspecified atom stereocenters. The Kier molecular flexibility index (Phi) is 7.02. The Morgan fingerprint density at radius 2 is 1.83 bits per heavy atom. The molecule has 0 saturated heterocycles. The van der Waals surface area contributed by atoms with E-state index in [0.29, 0.717) is 33.6 Å². The van der Waals surface area contributed by atoms with Crippen LogP contribution in [-0.2, 0) is 19.9 Å². The lowest BCUT2D eigenvalue weighted by Crippen LogP contribution is -2.33. The fraction of sp³-hybridized carbons (Fsp3) is 0.417. The van der Waals surface area contributed by atoms with E-state index in [-0.39, 0.29) is 42.1 Å². The third kappa shape index (κ3) is 5.49. The normalized spacial score (nSPS) is 14.1. The van der Waals surface area contributed by atoms with Gasteiger partial charge in [-0.05, 0) is 61.1 Å². The Labute approximate surface area is 210 Å². The van der Waals surface area contributed by atoms with Crippen molar-refractivity contribution in [3.05, 3.63) is 41.5 Å². The summed E-state index contributed by atoms with van der Waals surface area (Å²) in [5.74, 6) is 0.743. The summed E-state index contributed by atoms with van der Waals surface area (Å²) in [6.07, 6.45) is 4.02. The maximum absolute atomic E-state index is 12.9. The molecular formula is C24H29N3O7S2. The fourth-order valence-electron chi connectivity index (χ4n) is 4.12. The zero-order valence-corrected chi connectivity index (χ0v) is 22.2. The van der Waals surface area contributed by atoms with Crippen molar-refractivity contribution < 1.29 is 30.8 Å². The molecule has 0 radical (unpaired) electrons. The monoisotopic (exact) mass is 535 g/mol. The number of methoxy groups -OCH3 is 1. The first-order valence-electron chi connectivity index (χ1n) is 11.4. The minimum atomic E-state index is -3.78. The molecule has 194 valence electrons. The number of benzene rings is 1. The quantitative estimate of drug-likeness (QED) is 0.419. The van der Waals surface area contributed by atoms with Gasteiger partial charge in [-0.1, -0.05) is 0 Å². The number of furan rings is 1. The van der Waals surface area contributed by atoms with Crippen molar-refractivity contribution in [2.75, 3.05) is 43.3 Å². The molecule has 10 nitrogen and oxygen atoms in total. The lowest BCUT2D eigenvalue weighted by molar-refractivity contribution is 0.0964. The van der Waals surface area contributed by atoms with E-state index >= 15 is 0 Å². The van der Waals surface area contributed by atoms with Gasteiger partial charge in [-0.15, -0.1) is 0 Å². The highest BCUT2D eigenvalue weighted by molar-refractivity contribution is 7.92. The first-order valence-corrected chi connectivity index (χ1v) is 15.3. The molecule has 1 aliphatic rings. The van der Waals surface area contributed by atoms with Crippen LogP contribution in [0.15, 0.2) is 34.7 Å². The summed E-state index contributed by atoms with van der Waals surface area (Å²) in [6.45, 7) is -0.0432. The second-order valence-corrected chi connectivity index (χ2v) is 13.1. The van der Waals surface area contributed by atoms with E-state index in [1.165, 1.54) is 7.05 Å². The Balaban J connectivity index is 1.89. The van der Waals surface area contributed by atoms with Gasteiger partial charge in [-0.25, -0.2) is 16.8 Å². The van der Waals surface area contributed by atoms with Crippen LogP contribution in [0, 0.1) is 0 Å². The fourth-order valence-corrected chi connectivity index (χ4v) is 5.69. The van der Waals surface area contributed by atoms with E-state index in [0.717, 1.165) is 29.7 Å². The highest BCUT2D eigenvalue weighted by atomic mass is 32.2. The molecule has 1 saturated carbocycles. The van der Waals surface area contributed by atoms with Crippen molar-refractivity contribution in [2.24, 2.45) is 0 Å². The van der Waals surface area contributed by atoms with Crippen LogP contribution in [0.2, 0.25) is 0 Å². The van der Waals surface area contributed by atoms with Gasteiger partial charge in [-0.2, -0.15) is 4.98 Å². The van der Waals surface area contributed by atoms with Gasteiger partial charge in [0.25, 0.3) is 5.91 Å². The summed E-state index contributed by atoms with van der Waals surface area (Å²) < 4.78 is 61.2. The van der Waals surface area contributed by atoms with Crippen molar-refractivity contribution in [3.8, 4) is 17.1 Å². The molecule has 1 aliphatic carbocycles. The van der Waals surface area contributed by atoms with Gasteiger partial charge in [0.2, 0.25) is 15.7 Å². The molecule has 2 heterocycles. The van der Waals surface area contributed by atoms with Crippen LogP contribution in [0.25, 0.3) is 22.4 Å². The van der Waals surface area contributed by atoms with Gasteiger partial charge in [-0.3, -0.25) is 9.10 Å². The maximum Gasteiger partial charge on any atom is 0.255 e. The van der Waals surface area contributed by atoms with Crippen molar-refractivity contribution in [2.45, 2.75) is 25.2 Å². The summed E-state index contributed by atoms with van der Waals surface area (Å²) in [5.41, 5.74) is 1.76. The summed E-state index contributed by atoms with van der Waals surface area (Å²) in [4.78, 5) is 17.5. The van der Waals surface area contributed by atoms with E-state index < -0.39 is 19.9 Å². The van der Waals surface area contributed by atoms with E-state index in [1.54, 1.807) is 37.4 Å². The highest BCUT2D eigenvalue weighted by Crippen LogP contribution is 2.46. The smallest absolute Gasteiger partial charge is 0.255 e. The SMILES string of the molecule is CNC(=O)c1c(-c2ccc(OC)cc2)oc2nc(N(CCCS(C)(=O)=O)S(C)(=O)=O)c(C3CC3)cc12. The number of sulfone groups is 1. The molecule has 1 aromatic carbocycles. The first-order chi connectivity index (χ1) is 16.9. The summed E-state index contributed by atoms with van der Waals surface area (Å²) in [7, 11) is -3.96. The number of sulfonamides is 1. The average molecular weight is 536 g/mol. The first kappa shape index (κ1) is 26.0. The number of ether oxygens (including phenoxy) is 1. The van der Waals surface area contributed by atoms with E-state index in [4.69, 9.17) is 9.15 Å². The predicted octanol–water partition coefficient (Wildman–Crippen LogP) is 2.94. The molecule has 1 fully saturated rings. The number of hydrogen-bond donors (Lipinski definition) is 1. The molecule has 0 atom stereocenters. The minimum Gasteiger partial charge on any atom is -0.497 e. The van der Waals surface area contributed by atoms with Gasteiger partial charge in [0.1, 0.15) is 27.2 Å². The lowest BCUT2D eigenvalue weighted by Gasteiger charge is -2.23. The van der Waals surface area contributed by atoms with Crippen LogP contribution in [-0.4, -0.2) is 66.7 Å². The zero-order chi connectivity index (χ0) is 26.3. The minimum absolute atomic E-state index is 0.0432. The molecule has 4 rings (SSSR count). The number of rotatable bonds is 10. The number of anilines is 1. The van der Waals surface area contributed by atoms with Crippen LogP contribution in [0.1, 0.15) is 41.1 Å². The Morgan fingerprint density at radius 3 is 2.36 bits per heavy atom. The molecule has 36 heavy (non-hydrogen) atoms. The summed E-state index contributed by atoms with van der Waals surface area (Å²) >= 11 is 0. The third-order valence-electron chi connectivity index (χ3n) is 6.03. The van der Waals surface area contributed by atoms with Crippen LogP contribution in [0.3, 0.4) is 0 Å². The van der Waals surface area contributed by atoms with Crippen molar-refractivity contribution in [1.82, 2.24) is 10.3 Å². The van der Waals surface area contributed by atoms with E-state index in [9.17, 15) is 21.6 Å². The van der Waals surface area contributed by atoms with Crippen LogP contribution >= 0.6 is 0 Å². The number of amides is 1. The Bertz CT molecular complexity index is 1510. The van der Waals surface area contributed by atoms with E-state index in [2.05, 4.69) is 10.3 Å². The van der Waals surface area contributed by atoms with Gasteiger partial charge in [0.15, 0.2) is 0 Å². The number of nitrogens with one attached hydrogen (secondary N) is 1. The average Bonchev–Trinajstić information content (AvgIpc) is 3.59. The van der Waals surface area contributed by atoms with Crippen molar-refractivity contribution >= 4 is 42.7 Å². The Hall–Kier alpha value is -3.12. The lowest BCUT2D eigenvalue weighted by atomic mass is 10.0. The molecule has 0 spiro atoms. The second-order valence-electron chi connectivity index (χ2n) is 8.96. The zero-order valence-electron chi connectivity index (χ0n) is 20.6. The number of hydrogen-bond acceptors (Lipinski definition) is 8. The highest BCUT2D eigenvalue weighted by Gasteiger charge is 2.34. The number of nitrogens with zero attached hydrogens (tertiary/aromatic N) is 2. The summed E-state index contributed by atoms with van der Waals surface area (Å²) in [6, 6.07) is 8.81. The topological polar surface area (TPSA) is 136 Å². The van der Waals surface area contributed by atoms with Crippen LogP contribution in [0.4, 0.5) is 5.82 Å². The second kappa shape index (κ2) is 9.74. The molecule has 2 aromatic heterocycles. The maximum atomic E-state index is 12.9. The van der Waals surface area contributed by atoms with Crippen molar-refractivity contribution in [1.29, 1.82) is 0 Å². The van der Waals surface area contributed by atoms with Gasteiger partial charge in [0.05, 0.1) is 30.1 Å². The summed E-state index contributed by atoms with van der Waals surface area (Å²) in [5, 5.41) is 3.13. The number of pyridine rings is 1. The van der Waals surface area contributed by atoms with Crippen LogP contribution < -0.4 is 14.4 Å².